The summed E-state index contributed by atoms with van der Waals surface area (Å²) >= 11 is 0. The van der Waals surface area contributed by atoms with Crippen LogP contribution in [0.1, 0.15) is 12.0 Å². The van der Waals surface area contributed by atoms with Gasteiger partial charge in [-0.1, -0.05) is 36.4 Å². The summed E-state index contributed by atoms with van der Waals surface area (Å²) in [6.07, 6.45) is 4.08. The van der Waals surface area contributed by atoms with Gasteiger partial charge in [0.15, 0.2) is 5.82 Å². The predicted octanol–water partition coefficient (Wildman–Crippen LogP) is 5.03. The smallest absolute Gasteiger partial charge is 0.268 e. The summed E-state index contributed by atoms with van der Waals surface area (Å²) in [5.41, 5.74) is 1.30. The molecule has 0 amide bonds. The molecule has 0 radical (unpaired) electrons. The second-order valence-corrected chi connectivity index (χ2v) is 9.69. The molecule has 0 aliphatic carbocycles. The molecular formula is C24H20F2N2O2S. The summed E-state index contributed by atoms with van der Waals surface area (Å²) in [5, 5.41) is 1.94. The van der Waals surface area contributed by atoms with Crippen LogP contribution in [0.15, 0.2) is 71.8 Å². The summed E-state index contributed by atoms with van der Waals surface area (Å²) in [7, 11) is -2.12. The highest BCUT2D eigenvalue weighted by molar-refractivity contribution is 7.90. The molecule has 0 fully saturated rings. The number of benzene rings is 3. The van der Waals surface area contributed by atoms with Gasteiger partial charge in [0.25, 0.3) is 10.0 Å². The minimum atomic E-state index is -4.10. The third-order valence-electron chi connectivity index (χ3n) is 5.82. The van der Waals surface area contributed by atoms with Crippen molar-refractivity contribution in [3.05, 3.63) is 84.1 Å². The summed E-state index contributed by atoms with van der Waals surface area (Å²) < 4.78 is 57.0. The van der Waals surface area contributed by atoms with Crippen LogP contribution in [0.25, 0.3) is 27.2 Å². The van der Waals surface area contributed by atoms with Gasteiger partial charge in [-0.25, -0.2) is 21.2 Å². The lowest BCUT2D eigenvalue weighted by molar-refractivity contribution is 0.370. The van der Waals surface area contributed by atoms with Gasteiger partial charge in [-0.2, -0.15) is 0 Å². The van der Waals surface area contributed by atoms with E-state index >= 15 is 0 Å². The second kappa shape index (κ2) is 7.28. The van der Waals surface area contributed by atoms with Crippen LogP contribution < -0.4 is 0 Å². The SMILES string of the molecule is CN1CC=C(c2cn(S(=O)(=O)c3ccc4ccccc4c3)c3c(F)cc(F)cc23)CC1. The largest absolute Gasteiger partial charge is 0.302 e. The van der Waals surface area contributed by atoms with E-state index in [-0.39, 0.29) is 15.8 Å². The molecular weight excluding hydrogens is 418 g/mol. The minimum Gasteiger partial charge on any atom is -0.302 e. The van der Waals surface area contributed by atoms with Crippen molar-refractivity contribution in [3.8, 4) is 0 Å². The molecule has 4 nitrogen and oxygen atoms in total. The van der Waals surface area contributed by atoms with Gasteiger partial charge in [0.1, 0.15) is 11.3 Å². The van der Waals surface area contributed by atoms with Gasteiger partial charge in [0.2, 0.25) is 0 Å². The van der Waals surface area contributed by atoms with Crippen molar-refractivity contribution in [2.75, 3.05) is 20.1 Å². The van der Waals surface area contributed by atoms with Crippen LogP contribution in [0.5, 0.6) is 0 Å². The number of likely N-dealkylation sites (N-methyl/N-ethyl adjacent to an activating group) is 1. The molecule has 0 saturated carbocycles. The monoisotopic (exact) mass is 438 g/mol. The maximum atomic E-state index is 14.9. The highest BCUT2D eigenvalue weighted by Crippen LogP contribution is 2.35. The number of nitrogens with zero attached hydrogens (tertiary/aromatic N) is 2. The molecule has 158 valence electrons. The molecule has 1 aromatic heterocycles. The Hall–Kier alpha value is -3.03. The fourth-order valence-corrected chi connectivity index (χ4v) is 5.56. The Labute approximate surface area is 179 Å². The Morgan fingerprint density at radius 3 is 2.48 bits per heavy atom. The topological polar surface area (TPSA) is 42.3 Å². The minimum absolute atomic E-state index is 0.0516. The molecule has 0 unspecified atom stereocenters. The summed E-state index contributed by atoms with van der Waals surface area (Å²) in [6.45, 7) is 1.48. The zero-order valence-electron chi connectivity index (χ0n) is 16.8. The van der Waals surface area contributed by atoms with E-state index < -0.39 is 21.7 Å². The van der Waals surface area contributed by atoms with Gasteiger partial charge >= 0.3 is 0 Å². The van der Waals surface area contributed by atoms with E-state index in [1.165, 1.54) is 18.3 Å². The van der Waals surface area contributed by atoms with Crippen LogP contribution in [0.4, 0.5) is 8.78 Å². The van der Waals surface area contributed by atoms with Gasteiger partial charge in [0, 0.05) is 36.3 Å². The zero-order chi connectivity index (χ0) is 21.8. The van der Waals surface area contributed by atoms with Crippen molar-refractivity contribution >= 4 is 37.3 Å². The predicted molar refractivity (Wildman–Crippen MR) is 118 cm³/mol. The van der Waals surface area contributed by atoms with Crippen molar-refractivity contribution < 1.29 is 17.2 Å². The van der Waals surface area contributed by atoms with Crippen LogP contribution in [-0.4, -0.2) is 37.4 Å². The maximum Gasteiger partial charge on any atom is 0.268 e. The molecule has 0 bridgehead atoms. The third kappa shape index (κ3) is 3.34. The Morgan fingerprint density at radius 1 is 0.968 bits per heavy atom. The molecule has 0 atom stereocenters. The summed E-state index contributed by atoms with van der Waals surface area (Å²) in [4.78, 5) is 2.17. The molecule has 31 heavy (non-hydrogen) atoms. The van der Waals surface area contributed by atoms with E-state index in [0.717, 1.165) is 32.9 Å². The number of hydrogen-bond acceptors (Lipinski definition) is 3. The van der Waals surface area contributed by atoms with E-state index in [0.29, 0.717) is 18.5 Å². The first kappa shape index (κ1) is 19.9. The highest BCUT2D eigenvalue weighted by Gasteiger charge is 2.26. The van der Waals surface area contributed by atoms with Crippen molar-refractivity contribution in [3.63, 3.8) is 0 Å². The fourth-order valence-electron chi connectivity index (χ4n) is 4.15. The van der Waals surface area contributed by atoms with Gasteiger partial charge in [0.05, 0.1) is 4.90 Å². The van der Waals surface area contributed by atoms with Crippen LogP contribution in [0, 0.1) is 11.6 Å². The van der Waals surface area contributed by atoms with Crippen molar-refractivity contribution in [2.24, 2.45) is 0 Å². The normalized spacial score (nSPS) is 15.5. The van der Waals surface area contributed by atoms with Crippen LogP contribution >= 0.6 is 0 Å². The first-order valence-corrected chi connectivity index (χ1v) is 11.4. The molecule has 0 spiro atoms. The van der Waals surface area contributed by atoms with Crippen molar-refractivity contribution in [1.82, 2.24) is 8.87 Å². The van der Waals surface area contributed by atoms with E-state index in [1.807, 2.05) is 37.4 Å². The first-order chi connectivity index (χ1) is 14.8. The zero-order valence-corrected chi connectivity index (χ0v) is 17.7. The van der Waals surface area contributed by atoms with Gasteiger partial charge in [-0.05, 0) is 48.0 Å². The number of rotatable bonds is 3. The second-order valence-electron chi connectivity index (χ2n) is 7.88. The standard InChI is InChI=1S/C24H20F2N2O2S/c1-27-10-8-17(9-11-27)22-15-28(24-21(22)13-19(25)14-23(24)26)31(29,30)20-7-6-16-4-2-3-5-18(16)12-20/h2-8,12-15H,9-11H2,1H3. The van der Waals surface area contributed by atoms with Gasteiger partial charge in [-0.3, -0.25) is 0 Å². The summed E-state index contributed by atoms with van der Waals surface area (Å²) in [5.74, 6) is -1.64. The average Bonchev–Trinajstić information content (AvgIpc) is 3.14. The fraction of sp³-hybridized carbons (Fsp3) is 0.167. The molecule has 2 heterocycles. The van der Waals surface area contributed by atoms with Crippen molar-refractivity contribution in [2.45, 2.75) is 11.3 Å². The van der Waals surface area contributed by atoms with E-state index in [4.69, 9.17) is 0 Å². The van der Waals surface area contributed by atoms with Gasteiger partial charge < -0.3 is 4.90 Å². The maximum absolute atomic E-state index is 14.9. The van der Waals surface area contributed by atoms with E-state index in [2.05, 4.69) is 4.90 Å². The summed E-state index contributed by atoms with van der Waals surface area (Å²) in [6, 6.07) is 14.2. The molecule has 3 aromatic carbocycles. The molecule has 4 aromatic rings. The van der Waals surface area contributed by atoms with Crippen LogP contribution in [0.2, 0.25) is 0 Å². The number of aromatic nitrogens is 1. The molecule has 0 N–H and O–H groups in total. The lowest BCUT2D eigenvalue weighted by atomic mass is 9.99. The Balaban J connectivity index is 1.75. The Kier molecular flexibility index (Phi) is 4.68. The average molecular weight is 438 g/mol. The lowest BCUT2D eigenvalue weighted by Crippen LogP contribution is -2.23. The highest BCUT2D eigenvalue weighted by atomic mass is 32.2. The molecule has 1 aliphatic heterocycles. The number of hydrogen-bond donors (Lipinski definition) is 0. The Morgan fingerprint density at radius 2 is 1.74 bits per heavy atom. The first-order valence-electron chi connectivity index (χ1n) is 9.97. The molecule has 5 rings (SSSR count). The van der Waals surface area contributed by atoms with Crippen molar-refractivity contribution in [1.29, 1.82) is 0 Å². The number of halogens is 2. The Bertz CT molecular complexity index is 1470. The number of fused-ring (bicyclic) bond motifs is 2. The molecule has 7 heteroatoms. The lowest BCUT2D eigenvalue weighted by Gasteiger charge is -2.21. The van der Waals surface area contributed by atoms with E-state index in [9.17, 15) is 17.2 Å². The molecule has 0 saturated heterocycles. The molecule has 1 aliphatic rings. The van der Waals surface area contributed by atoms with Crippen LogP contribution in [-0.2, 0) is 10.0 Å². The van der Waals surface area contributed by atoms with E-state index in [1.54, 1.807) is 12.1 Å². The van der Waals surface area contributed by atoms with Gasteiger partial charge in [-0.15, -0.1) is 0 Å². The van der Waals surface area contributed by atoms with Crippen LogP contribution in [0.3, 0.4) is 0 Å². The third-order valence-corrected chi connectivity index (χ3v) is 7.48. The quantitative estimate of drug-likeness (QED) is 0.451.